The molecule has 1 aromatic carbocycles. The second-order valence-corrected chi connectivity index (χ2v) is 4.58. The van der Waals surface area contributed by atoms with Gasteiger partial charge in [0.15, 0.2) is 0 Å². The fourth-order valence-corrected chi connectivity index (χ4v) is 1.98. The molecular formula is C16H15N5. The highest BCUT2D eigenvalue weighted by Crippen LogP contribution is 2.13. The van der Waals surface area contributed by atoms with Gasteiger partial charge in [-0.2, -0.15) is 0 Å². The third-order valence-electron chi connectivity index (χ3n) is 3.07. The highest BCUT2D eigenvalue weighted by Gasteiger charge is 2.01. The Hall–Kier alpha value is -2.82. The fourth-order valence-electron chi connectivity index (χ4n) is 1.98. The van der Waals surface area contributed by atoms with Crippen molar-refractivity contribution in [2.75, 3.05) is 11.9 Å². The lowest BCUT2D eigenvalue weighted by atomic mass is 10.1. The first-order chi connectivity index (χ1) is 10.4. The van der Waals surface area contributed by atoms with Crippen LogP contribution in [0.4, 0.5) is 5.82 Å². The molecule has 0 saturated heterocycles. The Morgan fingerprint density at radius 1 is 0.857 bits per heavy atom. The van der Waals surface area contributed by atoms with E-state index in [1.165, 1.54) is 11.9 Å². The minimum atomic E-state index is 0.768. The van der Waals surface area contributed by atoms with Crippen LogP contribution in [0.1, 0.15) is 5.56 Å². The smallest absolute Gasteiger partial charge is 0.144 e. The third kappa shape index (κ3) is 3.60. The molecule has 0 saturated carbocycles. The summed E-state index contributed by atoms with van der Waals surface area (Å²) in [6.45, 7) is 0.826. The van der Waals surface area contributed by atoms with E-state index in [0.29, 0.717) is 0 Å². The summed E-state index contributed by atoms with van der Waals surface area (Å²) in [5.41, 5.74) is 2.93. The second-order valence-electron chi connectivity index (χ2n) is 4.58. The first-order valence-corrected chi connectivity index (χ1v) is 6.77. The van der Waals surface area contributed by atoms with Crippen LogP contribution in [0.15, 0.2) is 61.4 Å². The Labute approximate surface area is 123 Å². The van der Waals surface area contributed by atoms with Crippen LogP contribution in [0, 0.1) is 0 Å². The third-order valence-corrected chi connectivity index (χ3v) is 3.07. The standard InChI is InChI=1S/C16H15N5/c1-2-4-13(5-3-1)6-7-19-16-11-20-15(10-21-16)14-8-17-12-18-9-14/h1-5,8-12H,6-7H2,(H,19,21). The van der Waals surface area contributed by atoms with Gasteiger partial charge in [0.05, 0.1) is 18.1 Å². The Bertz CT molecular complexity index is 668. The average molecular weight is 277 g/mol. The molecule has 0 aliphatic carbocycles. The van der Waals surface area contributed by atoms with E-state index in [2.05, 4.69) is 37.4 Å². The molecule has 5 heteroatoms. The van der Waals surface area contributed by atoms with Crippen LogP contribution in [0.5, 0.6) is 0 Å². The molecule has 0 amide bonds. The quantitative estimate of drug-likeness (QED) is 0.776. The number of hydrogen-bond acceptors (Lipinski definition) is 5. The van der Waals surface area contributed by atoms with E-state index in [-0.39, 0.29) is 0 Å². The number of benzene rings is 1. The molecule has 0 radical (unpaired) electrons. The predicted octanol–water partition coefficient (Wildman–Crippen LogP) is 2.59. The van der Waals surface area contributed by atoms with Gasteiger partial charge in [0.1, 0.15) is 12.1 Å². The molecule has 0 aliphatic rings. The number of aromatic nitrogens is 4. The molecule has 0 aliphatic heterocycles. The Morgan fingerprint density at radius 2 is 1.67 bits per heavy atom. The average Bonchev–Trinajstić information content (AvgIpc) is 2.57. The van der Waals surface area contributed by atoms with E-state index in [4.69, 9.17) is 0 Å². The maximum atomic E-state index is 4.37. The van der Waals surface area contributed by atoms with E-state index in [1.54, 1.807) is 24.8 Å². The number of rotatable bonds is 5. The molecule has 2 aromatic heterocycles. The van der Waals surface area contributed by atoms with Crippen molar-refractivity contribution in [1.29, 1.82) is 0 Å². The van der Waals surface area contributed by atoms with Crippen LogP contribution in [0.3, 0.4) is 0 Å². The lowest BCUT2D eigenvalue weighted by Crippen LogP contribution is -2.06. The van der Waals surface area contributed by atoms with E-state index in [0.717, 1.165) is 30.0 Å². The largest absolute Gasteiger partial charge is 0.368 e. The Balaban J connectivity index is 1.58. The first-order valence-electron chi connectivity index (χ1n) is 6.77. The highest BCUT2D eigenvalue weighted by atomic mass is 15.0. The molecule has 5 nitrogen and oxygen atoms in total. The minimum absolute atomic E-state index is 0.768. The van der Waals surface area contributed by atoms with Gasteiger partial charge in [-0.15, -0.1) is 0 Å². The van der Waals surface area contributed by atoms with Crippen molar-refractivity contribution in [3.8, 4) is 11.3 Å². The Morgan fingerprint density at radius 3 is 2.38 bits per heavy atom. The summed E-state index contributed by atoms with van der Waals surface area (Å²) < 4.78 is 0. The lowest BCUT2D eigenvalue weighted by Gasteiger charge is -2.06. The monoisotopic (exact) mass is 277 g/mol. The maximum Gasteiger partial charge on any atom is 0.144 e. The van der Waals surface area contributed by atoms with Crippen LogP contribution in [-0.4, -0.2) is 26.5 Å². The summed E-state index contributed by atoms with van der Waals surface area (Å²) in [5, 5.41) is 3.27. The zero-order valence-electron chi connectivity index (χ0n) is 11.5. The molecule has 0 spiro atoms. The van der Waals surface area contributed by atoms with Gasteiger partial charge in [0.25, 0.3) is 0 Å². The molecule has 21 heavy (non-hydrogen) atoms. The van der Waals surface area contributed by atoms with Crippen molar-refractivity contribution in [1.82, 2.24) is 19.9 Å². The molecular weight excluding hydrogens is 262 g/mol. The summed E-state index contributed by atoms with van der Waals surface area (Å²) in [4.78, 5) is 16.7. The molecule has 0 fully saturated rings. The zero-order valence-corrected chi connectivity index (χ0v) is 11.5. The molecule has 104 valence electrons. The second kappa shape index (κ2) is 6.56. The van der Waals surface area contributed by atoms with Gasteiger partial charge in [-0.1, -0.05) is 30.3 Å². The molecule has 3 rings (SSSR count). The van der Waals surface area contributed by atoms with Crippen molar-refractivity contribution in [2.45, 2.75) is 6.42 Å². The SMILES string of the molecule is c1ccc(CCNc2cnc(-c3cncnc3)cn2)cc1. The lowest BCUT2D eigenvalue weighted by molar-refractivity contribution is 1.000. The summed E-state index contributed by atoms with van der Waals surface area (Å²) in [7, 11) is 0. The van der Waals surface area contributed by atoms with E-state index in [1.807, 2.05) is 18.2 Å². The van der Waals surface area contributed by atoms with Crippen molar-refractivity contribution in [3.63, 3.8) is 0 Å². The van der Waals surface area contributed by atoms with Crippen molar-refractivity contribution in [3.05, 3.63) is 67.0 Å². The maximum absolute atomic E-state index is 4.37. The number of hydrogen-bond donors (Lipinski definition) is 1. The minimum Gasteiger partial charge on any atom is -0.368 e. The van der Waals surface area contributed by atoms with Gasteiger partial charge in [-0.3, -0.25) is 4.98 Å². The summed E-state index contributed by atoms with van der Waals surface area (Å²) in [6, 6.07) is 10.4. The van der Waals surface area contributed by atoms with Crippen LogP contribution in [0.25, 0.3) is 11.3 Å². The molecule has 3 aromatic rings. The van der Waals surface area contributed by atoms with E-state index < -0.39 is 0 Å². The molecule has 0 bridgehead atoms. The van der Waals surface area contributed by atoms with E-state index >= 15 is 0 Å². The van der Waals surface area contributed by atoms with Crippen LogP contribution >= 0.6 is 0 Å². The van der Waals surface area contributed by atoms with Crippen LogP contribution in [-0.2, 0) is 6.42 Å². The highest BCUT2D eigenvalue weighted by molar-refractivity contribution is 5.56. The van der Waals surface area contributed by atoms with E-state index in [9.17, 15) is 0 Å². The Kier molecular flexibility index (Phi) is 4.12. The number of anilines is 1. The van der Waals surface area contributed by atoms with Gasteiger partial charge in [-0.05, 0) is 12.0 Å². The van der Waals surface area contributed by atoms with Crippen LogP contribution in [0.2, 0.25) is 0 Å². The normalized spacial score (nSPS) is 10.3. The van der Waals surface area contributed by atoms with Gasteiger partial charge < -0.3 is 5.32 Å². The molecule has 0 unspecified atom stereocenters. The molecule has 2 heterocycles. The first kappa shape index (κ1) is 13.2. The predicted molar refractivity (Wildman–Crippen MR) is 81.7 cm³/mol. The van der Waals surface area contributed by atoms with Gasteiger partial charge in [-0.25, -0.2) is 15.0 Å². The molecule has 1 N–H and O–H groups in total. The summed E-state index contributed by atoms with van der Waals surface area (Å²) in [5.74, 6) is 0.770. The number of nitrogens with zero attached hydrogens (tertiary/aromatic N) is 4. The number of nitrogens with one attached hydrogen (secondary N) is 1. The summed E-state index contributed by atoms with van der Waals surface area (Å²) >= 11 is 0. The van der Waals surface area contributed by atoms with Crippen molar-refractivity contribution < 1.29 is 0 Å². The zero-order chi connectivity index (χ0) is 14.3. The van der Waals surface area contributed by atoms with Crippen molar-refractivity contribution >= 4 is 5.82 Å². The van der Waals surface area contributed by atoms with Crippen LogP contribution < -0.4 is 5.32 Å². The summed E-state index contributed by atoms with van der Waals surface area (Å²) in [6.07, 6.45) is 9.35. The van der Waals surface area contributed by atoms with Gasteiger partial charge >= 0.3 is 0 Å². The topological polar surface area (TPSA) is 63.6 Å². The van der Waals surface area contributed by atoms with Gasteiger partial charge in [0.2, 0.25) is 0 Å². The molecule has 0 atom stereocenters. The van der Waals surface area contributed by atoms with Crippen molar-refractivity contribution in [2.24, 2.45) is 0 Å². The fraction of sp³-hybridized carbons (Fsp3) is 0.125. The van der Waals surface area contributed by atoms with Gasteiger partial charge in [0, 0.05) is 24.5 Å².